The van der Waals surface area contributed by atoms with Crippen LogP contribution in [0.15, 0.2) is 42.5 Å². The van der Waals surface area contributed by atoms with Gasteiger partial charge in [0.2, 0.25) is 0 Å². The molecule has 0 aromatic heterocycles. The van der Waals surface area contributed by atoms with Gasteiger partial charge in [-0.1, -0.05) is 37.3 Å². The largest absolute Gasteiger partial charge is 0.461 e. The van der Waals surface area contributed by atoms with Gasteiger partial charge in [-0.3, -0.25) is 0 Å². The van der Waals surface area contributed by atoms with E-state index in [0.29, 0.717) is 12.0 Å². The van der Waals surface area contributed by atoms with Crippen LogP contribution in [0, 0.1) is 0 Å². The molecule has 21 heavy (non-hydrogen) atoms. The molecule has 0 N–H and O–H groups in total. The van der Waals surface area contributed by atoms with Gasteiger partial charge < -0.3 is 4.74 Å². The first-order valence-corrected chi connectivity index (χ1v) is 8.03. The lowest BCUT2D eigenvalue weighted by molar-refractivity contribution is 0.0501. The highest BCUT2D eigenvalue weighted by Gasteiger charge is 2.32. The van der Waals surface area contributed by atoms with E-state index in [1.54, 1.807) is 17.8 Å². The Balaban J connectivity index is 1.64. The predicted octanol–water partition coefficient (Wildman–Crippen LogP) is 4.23. The maximum Gasteiger partial charge on any atom is 0.338 e. The number of alkyl halides is 1. The van der Waals surface area contributed by atoms with Crippen LogP contribution in [0.25, 0.3) is 10.8 Å². The lowest BCUT2D eigenvalue weighted by Crippen LogP contribution is -2.15. The molecule has 1 fully saturated rings. The summed E-state index contributed by atoms with van der Waals surface area (Å²) in [5.41, 5.74) is 0.543. The van der Waals surface area contributed by atoms with Crippen LogP contribution < -0.4 is 0 Å². The third kappa shape index (κ3) is 3.21. The zero-order valence-electron chi connectivity index (χ0n) is 11.8. The Morgan fingerprint density at radius 3 is 2.76 bits per heavy atom. The minimum Gasteiger partial charge on any atom is -0.461 e. The number of carbonyl (C=O) groups excluding carboxylic acids is 1. The summed E-state index contributed by atoms with van der Waals surface area (Å²) in [5, 5.41) is 2.17. The van der Waals surface area contributed by atoms with E-state index >= 15 is 0 Å². The van der Waals surface area contributed by atoms with Crippen LogP contribution in [0.3, 0.4) is 0 Å². The van der Waals surface area contributed by atoms with Crippen LogP contribution in [0.2, 0.25) is 0 Å². The van der Waals surface area contributed by atoms with Crippen LogP contribution in [-0.2, 0) is 4.74 Å². The first-order valence-electron chi connectivity index (χ1n) is 7.09. The number of halogens is 1. The minimum absolute atomic E-state index is 0.00521. The highest BCUT2D eigenvalue weighted by molar-refractivity contribution is 8.00. The second-order valence-electron chi connectivity index (χ2n) is 5.38. The van der Waals surface area contributed by atoms with Crippen molar-refractivity contribution in [2.75, 3.05) is 6.61 Å². The number of carbonyl (C=O) groups is 1. The molecule has 0 aliphatic carbocycles. The summed E-state index contributed by atoms with van der Waals surface area (Å²) in [6, 6.07) is 13.4. The summed E-state index contributed by atoms with van der Waals surface area (Å²) in [6.45, 7) is 2.15. The highest BCUT2D eigenvalue weighted by atomic mass is 32.2. The number of thioether (sulfide) groups is 1. The Labute approximate surface area is 127 Å². The standard InChI is InChI=1S/C17H17FO2S/c1-11-16(18)9-15(21-11)10-20-17(19)14-7-6-12-4-2-3-5-13(12)8-14/h2-8,11,15-16H,9-10H2,1H3/t11?,15-,16+/m1/s1. The number of ether oxygens (including phenoxy) is 1. The van der Waals surface area contributed by atoms with Crippen molar-refractivity contribution in [3.05, 3.63) is 48.0 Å². The third-order valence-corrected chi connectivity index (χ3v) is 5.23. The number of fused-ring (bicyclic) bond motifs is 1. The molecular weight excluding hydrogens is 287 g/mol. The summed E-state index contributed by atoms with van der Waals surface area (Å²) in [4.78, 5) is 12.1. The number of rotatable bonds is 3. The van der Waals surface area contributed by atoms with Gasteiger partial charge in [-0.2, -0.15) is 0 Å². The molecule has 0 radical (unpaired) electrons. The monoisotopic (exact) mass is 304 g/mol. The van der Waals surface area contributed by atoms with Gasteiger partial charge in [-0.25, -0.2) is 9.18 Å². The van der Waals surface area contributed by atoms with E-state index in [1.807, 2.05) is 43.3 Å². The van der Waals surface area contributed by atoms with Gasteiger partial charge in [0.1, 0.15) is 12.8 Å². The lowest BCUT2D eigenvalue weighted by Gasteiger charge is -2.10. The zero-order valence-corrected chi connectivity index (χ0v) is 12.6. The molecule has 1 heterocycles. The molecule has 110 valence electrons. The molecule has 1 aliphatic heterocycles. The minimum atomic E-state index is -0.792. The molecule has 3 rings (SSSR count). The van der Waals surface area contributed by atoms with Gasteiger partial charge in [0, 0.05) is 10.5 Å². The van der Waals surface area contributed by atoms with Crippen molar-refractivity contribution in [3.63, 3.8) is 0 Å². The van der Waals surface area contributed by atoms with Crippen LogP contribution in [0.5, 0.6) is 0 Å². The van der Waals surface area contributed by atoms with Gasteiger partial charge in [-0.15, -0.1) is 11.8 Å². The average molecular weight is 304 g/mol. The van der Waals surface area contributed by atoms with Gasteiger partial charge in [-0.05, 0) is 29.3 Å². The Morgan fingerprint density at radius 1 is 1.29 bits per heavy atom. The summed E-state index contributed by atoms with van der Waals surface area (Å²) in [5.74, 6) is -0.337. The smallest absolute Gasteiger partial charge is 0.338 e. The number of hydrogen-bond acceptors (Lipinski definition) is 3. The molecule has 4 heteroatoms. The molecule has 0 bridgehead atoms. The molecular formula is C17H17FO2S. The summed E-state index contributed by atoms with van der Waals surface area (Å²) < 4.78 is 18.8. The zero-order chi connectivity index (χ0) is 14.8. The van der Waals surface area contributed by atoms with E-state index in [1.165, 1.54) is 0 Å². The number of benzene rings is 2. The second-order valence-corrected chi connectivity index (χ2v) is 7.06. The Kier molecular flexibility index (Phi) is 4.15. The van der Waals surface area contributed by atoms with Crippen molar-refractivity contribution in [2.45, 2.75) is 30.0 Å². The van der Waals surface area contributed by atoms with Crippen LogP contribution >= 0.6 is 11.8 Å². The van der Waals surface area contributed by atoms with E-state index in [-0.39, 0.29) is 23.1 Å². The highest BCUT2D eigenvalue weighted by Crippen LogP contribution is 2.35. The molecule has 1 unspecified atom stereocenters. The van der Waals surface area contributed by atoms with Crippen LogP contribution in [0.4, 0.5) is 4.39 Å². The molecule has 1 aliphatic rings. The fourth-order valence-corrected chi connectivity index (χ4v) is 3.89. The number of esters is 1. The van der Waals surface area contributed by atoms with Crippen LogP contribution in [0.1, 0.15) is 23.7 Å². The molecule has 0 spiro atoms. The van der Waals surface area contributed by atoms with Crippen molar-refractivity contribution >= 4 is 28.5 Å². The van der Waals surface area contributed by atoms with Crippen molar-refractivity contribution < 1.29 is 13.9 Å². The molecule has 0 saturated carbocycles. The summed E-state index contributed by atoms with van der Waals surface area (Å²) in [6.07, 6.45) is -0.323. The predicted molar refractivity (Wildman–Crippen MR) is 84.6 cm³/mol. The van der Waals surface area contributed by atoms with Gasteiger partial charge >= 0.3 is 5.97 Å². The summed E-state index contributed by atoms with van der Waals surface area (Å²) in [7, 11) is 0. The maximum absolute atomic E-state index is 13.4. The normalized spacial score (nSPS) is 25.1. The fraction of sp³-hybridized carbons (Fsp3) is 0.353. The topological polar surface area (TPSA) is 26.3 Å². The first kappa shape index (κ1) is 14.4. The maximum atomic E-state index is 13.4. The van der Waals surface area contributed by atoms with Crippen molar-refractivity contribution in [1.82, 2.24) is 0 Å². The van der Waals surface area contributed by atoms with Crippen molar-refractivity contribution in [2.24, 2.45) is 0 Å². The quantitative estimate of drug-likeness (QED) is 0.794. The SMILES string of the molecule is CC1S[C@@H](COC(=O)c2ccc3ccccc3c2)C[C@@H]1F. The Hall–Kier alpha value is -1.55. The van der Waals surface area contributed by atoms with E-state index in [4.69, 9.17) is 4.74 Å². The lowest BCUT2D eigenvalue weighted by atomic mass is 10.1. The molecule has 2 nitrogen and oxygen atoms in total. The fourth-order valence-electron chi connectivity index (χ4n) is 2.56. The van der Waals surface area contributed by atoms with Gasteiger partial charge in [0.25, 0.3) is 0 Å². The first-order chi connectivity index (χ1) is 10.1. The van der Waals surface area contributed by atoms with Crippen molar-refractivity contribution in [3.8, 4) is 0 Å². The van der Waals surface area contributed by atoms with E-state index in [0.717, 1.165) is 10.8 Å². The second kappa shape index (κ2) is 6.06. The summed E-state index contributed by atoms with van der Waals surface area (Å²) >= 11 is 1.56. The molecule has 0 amide bonds. The molecule has 1 saturated heterocycles. The Morgan fingerprint density at radius 2 is 2.05 bits per heavy atom. The molecule has 2 aromatic rings. The Bertz CT molecular complexity index is 648. The van der Waals surface area contributed by atoms with Crippen molar-refractivity contribution in [1.29, 1.82) is 0 Å². The molecule has 3 atom stereocenters. The third-order valence-electron chi connectivity index (χ3n) is 3.79. The number of hydrogen-bond donors (Lipinski definition) is 0. The van der Waals surface area contributed by atoms with E-state index in [2.05, 4.69) is 0 Å². The van der Waals surface area contributed by atoms with E-state index in [9.17, 15) is 9.18 Å². The average Bonchev–Trinajstić information content (AvgIpc) is 2.83. The van der Waals surface area contributed by atoms with Gasteiger partial charge in [0.15, 0.2) is 0 Å². The van der Waals surface area contributed by atoms with E-state index < -0.39 is 6.17 Å². The van der Waals surface area contributed by atoms with Gasteiger partial charge in [0.05, 0.1) is 5.56 Å². The van der Waals surface area contributed by atoms with Crippen LogP contribution in [-0.4, -0.2) is 29.2 Å². The molecule has 2 aromatic carbocycles.